The summed E-state index contributed by atoms with van der Waals surface area (Å²) in [4.78, 5) is 30.4. The van der Waals surface area contributed by atoms with Gasteiger partial charge in [0.05, 0.1) is 11.3 Å². The average Bonchev–Trinajstić information content (AvgIpc) is 3.05. The van der Waals surface area contributed by atoms with E-state index in [4.69, 9.17) is 0 Å². The van der Waals surface area contributed by atoms with Crippen molar-refractivity contribution in [1.29, 1.82) is 0 Å². The average molecular weight is 429 g/mol. The van der Waals surface area contributed by atoms with Crippen molar-refractivity contribution in [2.45, 2.75) is 27.3 Å². The smallest absolute Gasteiger partial charge is 0.282 e. The monoisotopic (exact) mass is 428 g/mol. The van der Waals surface area contributed by atoms with Crippen molar-refractivity contribution in [3.05, 3.63) is 107 Å². The first-order chi connectivity index (χ1) is 15.4. The summed E-state index contributed by atoms with van der Waals surface area (Å²) in [5.74, 6) is -1.16. The number of carbonyl (C=O) groups excluding carboxylic acids is 2. The summed E-state index contributed by atoms with van der Waals surface area (Å²) < 4.78 is 13.6. The van der Waals surface area contributed by atoms with Crippen molar-refractivity contribution in [2.75, 3.05) is 11.4 Å². The number of nitrogens with zero attached hydrogens (tertiary/aromatic N) is 2. The molecule has 0 spiro atoms. The Morgan fingerprint density at radius 2 is 1.53 bits per heavy atom. The molecule has 2 amide bonds. The number of carbonyl (C=O) groups is 2. The number of hydrogen-bond acceptors (Lipinski definition) is 3. The van der Waals surface area contributed by atoms with Gasteiger partial charge < -0.3 is 4.90 Å². The first-order valence-corrected chi connectivity index (χ1v) is 10.7. The quantitative estimate of drug-likeness (QED) is 0.504. The summed E-state index contributed by atoms with van der Waals surface area (Å²) in [5, 5.41) is 0. The maximum Gasteiger partial charge on any atom is 0.282 e. The molecule has 0 saturated carbocycles. The first-order valence-electron chi connectivity index (χ1n) is 10.7. The van der Waals surface area contributed by atoms with Crippen molar-refractivity contribution < 1.29 is 14.0 Å². The minimum atomic E-state index is -0.397. The van der Waals surface area contributed by atoms with Gasteiger partial charge in [0.2, 0.25) is 0 Å². The van der Waals surface area contributed by atoms with Gasteiger partial charge in [-0.2, -0.15) is 0 Å². The van der Waals surface area contributed by atoms with Gasteiger partial charge in [0, 0.05) is 13.1 Å². The lowest BCUT2D eigenvalue weighted by Crippen LogP contribution is -2.35. The molecular weight excluding hydrogens is 403 g/mol. The van der Waals surface area contributed by atoms with E-state index in [0.717, 1.165) is 16.7 Å². The highest BCUT2D eigenvalue weighted by atomic mass is 19.1. The molecule has 0 bridgehead atoms. The maximum atomic E-state index is 13.7. The van der Waals surface area contributed by atoms with Crippen LogP contribution in [0.5, 0.6) is 0 Å². The fraction of sp³-hybridized carbons (Fsp3) is 0.185. The Morgan fingerprint density at radius 3 is 2.16 bits per heavy atom. The number of imide groups is 1. The van der Waals surface area contributed by atoms with Gasteiger partial charge in [-0.15, -0.1) is 0 Å². The molecule has 162 valence electrons. The zero-order valence-electron chi connectivity index (χ0n) is 18.4. The Hall–Kier alpha value is -3.73. The lowest BCUT2D eigenvalue weighted by molar-refractivity contribution is -0.120. The fourth-order valence-corrected chi connectivity index (χ4v) is 3.94. The highest BCUT2D eigenvalue weighted by molar-refractivity contribution is 6.45. The van der Waals surface area contributed by atoms with Crippen molar-refractivity contribution in [3.63, 3.8) is 0 Å². The maximum absolute atomic E-state index is 13.7. The lowest BCUT2D eigenvalue weighted by Gasteiger charge is -2.25. The number of benzene rings is 3. The molecule has 0 aliphatic carbocycles. The molecule has 0 radical (unpaired) electrons. The van der Waals surface area contributed by atoms with Gasteiger partial charge >= 0.3 is 0 Å². The Balaban J connectivity index is 1.83. The molecule has 1 aliphatic rings. The van der Waals surface area contributed by atoms with Crippen LogP contribution in [0, 0.1) is 19.7 Å². The molecule has 0 fully saturated rings. The number of rotatable bonds is 6. The van der Waals surface area contributed by atoms with E-state index >= 15 is 0 Å². The van der Waals surface area contributed by atoms with Crippen LogP contribution in [0.25, 0.3) is 5.57 Å². The van der Waals surface area contributed by atoms with Crippen LogP contribution in [0.4, 0.5) is 10.1 Å². The summed E-state index contributed by atoms with van der Waals surface area (Å²) in [6, 6.07) is 21.1. The van der Waals surface area contributed by atoms with E-state index in [1.807, 2.05) is 68.1 Å². The molecule has 4 rings (SSSR count). The van der Waals surface area contributed by atoms with Crippen LogP contribution in [0.2, 0.25) is 0 Å². The van der Waals surface area contributed by atoms with Crippen LogP contribution in [-0.2, 0) is 16.1 Å². The summed E-state index contributed by atoms with van der Waals surface area (Å²) in [6.45, 7) is 6.91. The third kappa shape index (κ3) is 3.94. The molecular formula is C27H25FN2O2. The van der Waals surface area contributed by atoms with Crippen molar-refractivity contribution in [2.24, 2.45) is 0 Å². The van der Waals surface area contributed by atoms with Gasteiger partial charge in [-0.25, -0.2) is 9.29 Å². The molecule has 4 nitrogen and oxygen atoms in total. The molecule has 0 atom stereocenters. The fourth-order valence-electron chi connectivity index (χ4n) is 3.94. The molecule has 0 N–H and O–H groups in total. The van der Waals surface area contributed by atoms with Crippen LogP contribution >= 0.6 is 0 Å². The van der Waals surface area contributed by atoms with Crippen molar-refractivity contribution in [3.8, 4) is 0 Å². The summed E-state index contributed by atoms with van der Waals surface area (Å²) >= 11 is 0. The topological polar surface area (TPSA) is 40.6 Å². The van der Waals surface area contributed by atoms with E-state index < -0.39 is 11.7 Å². The zero-order valence-corrected chi connectivity index (χ0v) is 18.4. The lowest BCUT2D eigenvalue weighted by atomic mass is 10.0. The van der Waals surface area contributed by atoms with E-state index in [2.05, 4.69) is 0 Å². The number of amides is 2. The molecule has 3 aromatic rings. The SMILES string of the molecule is CCN(Cc1ccccc1)C1=C(c2ccc(F)cc2)C(=O)N(c2ccc(C)c(C)c2)C1=O. The van der Waals surface area contributed by atoms with E-state index in [1.165, 1.54) is 17.0 Å². The predicted molar refractivity (Wildman–Crippen MR) is 124 cm³/mol. The summed E-state index contributed by atoms with van der Waals surface area (Å²) in [7, 11) is 0. The van der Waals surface area contributed by atoms with Crippen LogP contribution in [0.1, 0.15) is 29.2 Å². The highest BCUT2D eigenvalue weighted by Gasteiger charge is 2.42. The Morgan fingerprint density at radius 1 is 0.844 bits per heavy atom. The van der Waals surface area contributed by atoms with Gasteiger partial charge in [-0.05, 0) is 67.3 Å². The molecule has 1 aliphatic heterocycles. The third-order valence-corrected chi connectivity index (χ3v) is 5.86. The van der Waals surface area contributed by atoms with E-state index in [1.54, 1.807) is 18.2 Å². The Bertz CT molecular complexity index is 1200. The largest absolute Gasteiger partial charge is 0.362 e. The number of hydrogen-bond donors (Lipinski definition) is 0. The summed E-state index contributed by atoms with van der Waals surface area (Å²) in [6.07, 6.45) is 0. The molecule has 1 heterocycles. The minimum absolute atomic E-state index is 0.297. The highest BCUT2D eigenvalue weighted by Crippen LogP contribution is 2.36. The van der Waals surface area contributed by atoms with Crippen LogP contribution in [-0.4, -0.2) is 23.3 Å². The number of likely N-dealkylation sites (N-methyl/N-ethyl adjacent to an activating group) is 1. The molecule has 0 saturated heterocycles. The zero-order chi connectivity index (χ0) is 22.8. The second-order valence-electron chi connectivity index (χ2n) is 7.94. The number of anilines is 1. The predicted octanol–water partition coefficient (Wildman–Crippen LogP) is 5.25. The molecule has 0 aromatic heterocycles. The van der Waals surface area contributed by atoms with Gasteiger partial charge in [0.1, 0.15) is 11.5 Å². The van der Waals surface area contributed by atoms with Crippen LogP contribution in [0.3, 0.4) is 0 Å². The number of halogens is 1. The molecule has 0 unspecified atom stereocenters. The second-order valence-corrected chi connectivity index (χ2v) is 7.94. The number of aryl methyl sites for hydroxylation is 2. The molecule has 5 heteroatoms. The van der Waals surface area contributed by atoms with E-state index in [-0.39, 0.29) is 5.91 Å². The van der Waals surface area contributed by atoms with Gasteiger partial charge in [0.15, 0.2) is 0 Å². The van der Waals surface area contributed by atoms with Crippen molar-refractivity contribution >= 4 is 23.1 Å². The Labute approximate surface area is 187 Å². The van der Waals surface area contributed by atoms with Crippen molar-refractivity contribution in [1.82, 2.24) is 4.90 Å². The van der Waals surface area contributed by atoms with E-state index in [0.29, 0.717) is 35.6 Å². The third-order valence-electron chi connectivity index (χ3n) is 5.86. The normalized spacial score (nSPS) is 13.8. The molecule has 3 aromatic carbocycles. The van der Waals surface area contributed by atoms with Gasteiger partial charge in [0.25, 0.3) is 11.8 Å². The van der Waals surface area contributed by atoms with Gasteiger partial charge in [-0.1, -0.05) is 48.5 Å². The molecule has 32 heavy (non-hydrogen) atoms. The second kappa shape index (κ2) is 8.79. The Kier molecular flexibility index (Phi) is 5.91. The van der Waals surface area contributed by atoms with Crippen LogP contribution < -0.4 is 4.90 Å². The summed E-state index contributed by atoms with van der Waals surface area (Å²) in [5.41, 5.74) is 4.81. The van der Waals surface area contributed by atoms with E-state index in [9.17, 15) is 14.0 Å². The van der Waals surface area contributed by atoms with Gasteiger partial charge in [-0.3, -0.25) is 9.59 Å². The van der Waals surface area contributed by atoms with Crippen LogP contribution in [0.15, 0.2) is 78.5 Å². The standard InChI is InChI=1S/C27H25FN2O2/c1-4-29(17-20-8-6-5-7-9-20)25-24(21-11-13-22(28)14-12-21)26(31)30(27(25)32)23-15-10-18(2)19(3)16-23/h5-16H,4,17H2,1-3H3. The minimum Gasteiger partial charge on any atom is -0.362 e. The first kappa shape index (κ1) is 21.5.